The lowest BCUT2D eigenvalue weighted by Crippen LogP contribution is -2.30. The predicted molar refractivity (Wildman–Crippen MR) is 397 cm³/mol. The van der Waals surface area contributed by atoms with Gasteiger partial charge in [0.05, 0.1) is 21.5 Å². The number of imidazole rings is 3. The predicted octanol–water partition coefficient (Wildman–Crippen LogP) is 14.3. The standard InChI is InChI=1S/C22H22N6.C16H17ClN6.C10H15N3.C6H7BO2.C6H3BrClN3.C6H12.C5H5FN2/c1-3-8-17(9-4-1)18-16-19(22-23-12-15-28(22)26-18)24-20-10-7-11-21(25-20)27-13-5-2-6-14-27;17-13-11-12(16-18-7-10-23(16)21-13)19-14-5-4-6-15(20-14)22-8-2-1-3-9-22;11-9-5-4-6-10(12-9)13-7-2-1-3-8-13;8-7(9)6-4-2-1-3-5-6;7-4-3-5(8)10-11-2-1-9-6(4)11;1-2-4-6-5-3-1;6-4-2-1-3-5(7)8-4/h1,3-4,7-12,15-16H,2,5-6,13-14H2,(H,24,25);4-7,10-11H,1-3,8-9H2,(H,19,20);4-6H,1-3,7-8H2,(H2,11,12);1-5,8-9H;1-3H;1-6H2;1-3H,(H2,7,8). The first-order valence-corrected chi connectivity index (χ1v) is 34.7. The summed E-state index contributed by atoms with van der Waals surface area (Å²) in [6.07, 6.45) is 30.9. The molecule has 1 saturated carbocycles. The maximum absolute atomic E-state index is 12.0. The Labute approximate surface area is 588 Å². The van der Waals surface area contributed by atoms with Gasteiger partial charge in [-0.2, -0.15) is 19.7 Å². The van der Waals surface area contributed by atoms with Crippen LogP contribution in [0.1, 0.15) is 96.3 Å². The van der Waals surface area contributed by atoms with Gasteiger partial charge in [0.15, 0.2) is 27.2 Å². The number of pyridine rings is 4. The molecule has 22 nitrogen and oxygen atoms in total. The van der Waals surface area contributed by atoms with Crippen LogP contribution in [-0.2, 0) is 0 Å². The molecule has 10 aromatic heterocycles. The van der Waals surface area contributed by atoms with Gasteiger partial charge in [0.2, 0.25) is 5.95 Å². The third-order valence-corrected chi connectivity index (χ3v) is 17.1. The molecule has 13 heterocycles. The summed E-state index contributed by atoms with van der Waals surface area (Å²) in [6.45, 7) is 6.54. The van der Waals surface area contributed by atoms with Crippen LogP contribution < -0.4 is 42.3 Å². The van der Waals surface area contributed by atoms with Crippen molar-refractivity contribution in [3.05, 3.63) is 210 Å². The minimum atomic E-state index is -1.34. The molecule has 3 aliphatic heterocycles. The van der Waals surface area contributed by atoms with Crippen molar-refractivity contribution < 1.29 is 14.4 Å². The summed E-state index contributed by atoms with van der Waals surface area (Å²) < 4.78 is 17.9. The lowest BCUT2D eigenvalue weighted by atomic mass is 9.81. The van der Waals surface area contributed by atoms with Crippen molar-refractivity contribution >= 4 is 121 Å². The average Bonchev–Trinajstić information content (AvgIpc) is 1.58. The number of halogens is 4. The van der Waals surface area contributed by atoms with E-state index in [1.54, 1.807) is 80.9 Å². The van der Waals surface area contributed by atoms with E-state index in [1.807, 2.05) is 72.9 Å². The Balaban J connectivity index is 0.000000132. The van der Waals surface area contributed by atoms with Crippen LogP contribution in [0.15, 0.2) is 193 Å². The molecule has 508 valence electrons. The quantitative estimate of drug-likeness (QED) is 0.0579. The van der Waals surface area contributed by atoms with E-state index in [1.165, 1.54) is 115 Å². The number of nitrogen functional groups attached to an aromatic ring is 2. The first-order valence-electron chi connectivity index (χ1n) is 33.2. The van der Waals surface area contributed by atoms with E-state index in [0.29, 0.717) is 21.6 Å². The normalized spacial score (nSPS) is 14.2. The number of nitrogens with zero attached hydrogens (tertiary/aromatic N) is 16. The summed E-state index contributed by atoms with van der Waals surface area (Å²) in [5.74, 6) is 4.95. The molecule has 3 saturated heterocycles. The van der Waals surface area contributed by atoms with E-state index in [2.05, 4.69) is 112 Å². The number of anilines is 9. The molecule has 1 aliphatic carbocycles. The number of hydrogen-bond donors (Lipinski definition) is 6. The fraction of sp³-hybridized carbons (Fsp3) is 0.296. The minimum Gasteiger partial charge on any atom is -0.423 e. The molecule has 0 radical (unpaired) electrons. The SMILES string of the molecule is C1CCCCC1.Clc1cc(Br)c2nccn2n1.Clc1cc(Nc2cccc(N3CCCCC3)n2)c2nccn2n1.Nc1cccc(F)n1.Nc1cccc(N2CCCCC2)n1.OB(O)c1ccccc1.c1ccc(-c2cc(Nc3cccc(N4CCCCC4)n3)c3nccn3n2)cc1. The van der Waals surface area contributed by atoms with Gasteiger partial charge in [0.25, 0.3) is 0 Å². The highest BCUT2D eigenvalue weighted by Crippen LogP contribution is 2.29. The van der Waals surface area contributed by atoms with Crippen molar-refractivity contribution in [2.24, 2.45) is 0 Å². The lowest BCUT2D eigenvalue weighted by Gasteiger charge is -2.28. The monoisotopic (exact) mass is 1420 g/mol. The maximum atomic E-state index is 12.0. The molecule has 4 fully saturated rings. The molecule has 0 amide bonds. The van der Waals surface area contributed by atoms with Crippen molar-refractivity contribution in [3.63, 3.8) is 0 Å². The lowest BCUT2D eigenvalue weighted by molar-refractivity contribution is 0.426. The molecule has 0 spiro atoms. The third kappa shape index (κ3) is 21.7. The molecule has 0 bridgehead atoms. The summed E-state index contributed by atoms with van der Waals surface area (Å²) in [5.41, 5.74) is 17.2. The molecule has 0 unspecified atom stereocenters. The van der Waals surface area contributed by atoms with Gasteiger partial charge in [-0.3, -0.25) is 0 Å². The first kappa shape index (κ1) is 71.3. The van der Waals surface area contributed by atoms with Gasteiger partial charge in [-0.25, -0.2) is 48.4 Å². The Morgan fingerprint density at radius 2 is 0.827 bits per heavy atom. The molecule has 2 aromatic carbocycles. The van der Waals surface area contributed by atoms with Crippen LogP contribution >= 0.6 is 39.1 Å². The summed E-state index contributed by atoms with van der Waals surface area (Å²) in [7, 11) is -1.34. The fourth-order valence-electron chi connectivity index (χ4n) is 11.3. The van der Waals surface area contributed by atoms with Crippen LogP contribution in [0.3, 0.4) is 0 Å². The van der Waals surface area contributed by atoms with Crippen molar-refractivity contribution in [2.75, 3.05) is 76.1 Å². The van der Waals surface area contributed by atoms with E-state index in [9.17, 15) is 4.39 Å². The number of nitrogens with two attached hydrogens (primary N) is 2. The Morgan fingerprint density at radius 3 is 1.28 bits per heavy atom. The number of rotatable bonds is 9. The smallest absolute Gasteiger partial charge is 0.423 e. The van der Waals surface area contributed by atoms with Crippen molar-refractivity contribution in [1.82, 2.24) is 63.7 Å². The molecule has 12 aromatic rings. The van der Waals surface area contributed by atoms with E-state index >= 15 is 0 Å². The van der Waals surface area contributed by atoms with Crippen LogP contribution in [0.2, 0.25) is 10.3 Å². The summed E-state index contributed by atoms with van der Waals surface area (Å²) in [6, 6.07) is 46.6. The Morgan fingerprint density at radius 1 is 0.429 bits per heavy atom. The van der Waals surface area contributed by atoms with Crippen LogP contribution in [-0.4, -0.2) is 120 Å². The number of benzene rings is 2. The van der Waals surface area contributed by atoms with Crippen molar-refractivity contribution in [2.45, 2.75) is 96.3 Å². The van der Waals surface area contributed by atoms with Gasteiger partial charge in [0, 0.05) is 88.1 Å². The van der Waals surface area contributed by atoms with E-state index in [-0.39, 0.29) is 5.82 Å². The first-order chi connectivity index (χ1) is 47.9. The Kier molecular flexibility index (Phi) is 27.1. The zero-order valence-corrected chi connectivity index (χ0v) is 57.6. The van der Waals surface area contributed by atoms with E-state index in [0.717, 1.165) is 112 Å². The second kappa shape index (κ2) is 37.3. The zero-order valence-electron chi connectivity index (χ0n) is 54.5. The van der Waals surface area contributed by atoms with Gasteiger partial charge < -0.3 is 46.8 Å². The topological polar surface area (TPSA) is 268 Å². The molecule has 4 aliphatic rings. The van der Waals surface area contributed by atoms with Gasteiger partial charge in [-0.1, -0.05) is 147 Å². The highest BCUT2D eigenvalue weighted by molar-refractivity contribution is 9.10. The van der Waals surface area contributed by atoms with Gasteiger partial charge in [-0.15, -0.1) is 0 Å². The van der Waals surface area contributed by atoms with Gasteiger partial charge >= 0.3 is 7.12 Å². The number of fused-ring (bicyclic) bond motifs is 3. The molecular weight excluding hydrogens is 1350 g/mol. The van der Waals surface area contributed by atoms with Crippen LogP contribution in [0.4, 0.5) is 56.5 Å². The van der Waals surface area contributed by atoms with Gasteiger partial charge in [0.1, 0.15) is 40.7 Å². The maximum Gasteiger partial charge on any atom is 0.488 e. The molecular formula is C71H81BBrCl2FN20O2. The zero-order chi connectivity index (χ0) is 68.3. The molecule has 98 heavy (non-hydrogen) atoms. The van der Waals surface area contributed by atoms with Crippen molar-refractivity contribution in [3.8, 4) is 11.3 Å². The minimum absolute atomic E-state index is 0.213. The highest BCUT2D eigenvalue weighted by atomic mass is 79.9. The average molecular weight is 1430 g/mol. The number of piperidine rings is 3. The molecule has 16 rings (SSSR count). The van der Waals surface area contributed by atoms with Crippen LogP contribution in [0, 0.1) is 5.95 Å². The van der Waals surface area contributed by atoms with Crippen molar-refractivity contribution in [1.29, 1.82) is 0 Å². The summed E-state index contributed by atoms with van der Waals surface area (Å²) in [5, 5.41) is 37.6. The second-order valence-electron chi connectivity index (χ2n) is 23.5. The fourth-order valence-corrected chi connectivity index (χ4v) is 12.3. The van der Waals surface area contributed by atoms with Gasteiger partial charge in [-0.05, 0) is 140 Å². The van der Waals surface area contributed by atoms with E-state index in [4.69, 9.17) is 54.7 Å². The molecule has 0 atom stereocenters. The van der Waals surface area contributed by atoms with E-state index < -0.39 is 13.1 Å². The highest BCUT2D eigenvalue weighted by Gasteiger charge is 2.17. The molecule has 27 heteroatoms. The number of nitrogens with one attached hydrogen (secondary N) is 2. The largest absolute Gasteiger partial charge is 0.488 e. The Hall–Kier alpha value is -9.53. The second-order valence-corrected chi connectivity index (χ2v) is 25.1. The molecule has 8 N–H and O–H groups in total. The third-order valence-electron chi connectivity index (χ3n) is 16.2. The summed E-state index contributed by atoms with van der Waals surface area (Å²) in [4.78, 5) is 37.0. The van der Waals surface area contributed by atoms with Crippen LogP contribution in [0.5, 0.6) is 0 Å². The van der Waals surface area contributed by atoms with Crippen LogP contribution in [0.25, 0.3) is 28.2 Å². The Bertz CT molecular complexity index is 4330. The number of hydrogen-bond acceptors (Lipinski definition) is 19. The summed E-state index contributed by atoms with van der Waals surface area (Å²) >= 11 is 15.1. The number of aromatic nitrogens is 13.